The van der Waals surface area contributed by atoms with E-state index in [1.54, 1.807) is 0 Å². The van der Waals surface area contributed by atoms with Gasteiger partial charge in [-0.05, 0) is 38.4 Å². The van der Waals surface area contributed by atoms with Gasteiger partial charge in [-0.1, -0.05) is 34.1 Å². The molecule has 4 heteroatoms. The second-order valence-electron chi connectivity index (χ2n) is 4.89. The summed E-state index contributed by atoms with van der Waals surface area (Å²) in [5, 5.41) is 6.41. The summed E-state index contributed by atoms with van der Waals surface area (Å²) >= 11 is 3.52. The Kier molecular flexibility index (Phi) is 4.40. The number of benzene rings is 1. The lowest BCUT2D eigenvalue weighted by atomic mass is 10.00. The Bertz CT molecular complexity index is 436. The summed E-state index contributed by atoms with van der Waals surface area (Å²) < 4.78 is 1.04. The Morgan fingerprint density at radius 3 is 2.83 bits per heavy atom. The molecule has 1 aliphatic heterocycles. The van der Waals surface area contributed by atoms with Gasteiger partial charge in [0.15, 0.2) is 0 Å². The average molecular weight is 311 g/mol. The Morgan fingerprint density at radius 1 is 1.50 bits per heavy atom. The van der Waals surface area contributed by atoms with Crippen LogP contribution in [0.4, 0.5) is 0 Å². The van der Waals surface area contributed by atoms with Crippen LogP contribution in [0, 0.1) is 5.92 Å². The molecule has 0 saturated carbocycles. The third kappa shape index (κ3) is 2.93. The fraction of sp³-hybridized carbons (Fsp3) is 0.500. The number of hydrogen-bond donors (Lipinski definition) is 2. The highest BCUT2D eigenvalue weighted by Gasteiger charge is 2.30. The highest BCUT2D eigenvalue weighted by molar-refractivity contribution is 9.10. The Morgan fingerprint density at radius 2 is 2.22 bits per heavy atom. The summed E-state index contributed by atoms with van der Waals surface area (Å²) in [6, 6.07) is 8.30. The minimum atomic E-state index is 0.0286. The van der Waals surface area contributed by atoms with Gasteiger partial charge >= 0.3 is 0 Å². The molecule has 1 amide bonds. The molecule has 98 valence electrons. The lowest BCUT2D eigenvalue weighted by Crippen LogP contribution is -2.37. The van der Waals surface area contributed by atoms with Gasteiger partial charge in [0.1, 0.15) is 0 Å². The quantitative estimate of drug-likeness (QED) is 0.901. The van der Waals surface area contributed by atoms with E-state index in [1.807, 2.05) is 31.2 Å². The molecule has 1 heterocycles. The fourth-order valence-corrected chi connectivity index (χ4v) is 3.07. The van der Waals surface area contributed by atoms with Gasteiger partial charge in [-0.3, -0.25) is 4.79 Å². The molecule has 0 bridgehead atoms. The summed E-state index contributed by atoms with van der Waals surface area (Å²) in [5.41, 5.74) is 1.12. The van der Waals surface area contributed by atoms with Crippen molar-refractivity contribution < 1.29 is 4.79 Å². The molecule has 0 radical (unpaired) electrons. The van der Waals surface area contributed by atoms with Gasteiger partial charge in [-0.15, -0.1) is 0 Å². The Balaban J connectivity index is 2.01. The summed E-state index contributed by atoms with van der Waals surface area (Å²) in [6.07, 6.45) is 0.926. The van der Waals surface area contributed by atoms with E-state index in [0.29, 0.717) is 0 Å². The van der Waals surface area contributed by atoms with Crippen LogP contribution >= 0.6 is 15.9 Å². The van der Waals surface area contributed by atoms with Gasteiger partial charge in [-0.2, -0.15) is 0 Å². The van der Waals surface area contributed by atoms with Crippen LogP contribution in [0.5, 0.6) is 0 Å². The number of halogens is 1. The van der Waals surface area contributed by atoms with Crippen LogP contribution in [-0.4, -0.2) is 18.5 Å². The standard InChI is InChI=1S/C14H19BrN2O/c1-9-12(7-8-16-9)14(18)17-10(2)11-5-3-4-6-13(11)15/h3-6,9-10,12,16H,7-8H2,1-2H3,(H,17,18)/t9?,10-,12?/m1/s1. The van der Waals surface area contributed by atoms with E-state index < -0.39 is 0 Å². The van der Waals surface area contributed by atoms with E-state index in [4.69, 9.17) is 0 Å². The third-order valence-electron chi connectivity index (χ3n) is 3.59. The van der Waals surface area contributed by atoms with Gasteiger partial charge in [0.25, 0.3) is 0 Å². The van der Waals surface area contributed by atoms with Crippen LogP contribution < -0.4 is 10.6 Å². The largest absolute Gasteiger partial charge is 0.349 e. The number of rotatable bonds is 3. The highest BCUT2D eigenvalue weighted by atomic mass is 79.9. The average Bonchev–Trinajstić information content (AvgIpc) is 2.76. The van der Waals surface area contributed by atoms with Crippen LogP contribution in [-0.2, 0) is 4.79 Å². The third-order valence-corrected chi connectivity index (χ3v) is 4.31. The fourth-order valence-electron chi connectivity index (χ4n) is 2.44. The van der Waals surface area contributed by atoms with Crippen molar-refractivity contribution >= 4 is 21.8 Å². The van der Waals surface area contributed by atoms with Crippen molar-refractivity contribution in [3.8, 4) is 0 Å². The zero-order valence-electron chi connectivity index (χ0n) is 10.7. The van der Waals surface area contributed by atoms with Crippen LogP contribution in [0.2, 0.25) is 0 Å². The predicted molar refractivity (Wildman–Crippen MR) is 76.3 cm³/mol. The van der Waals surface area contributed by atoms with Crippen LogP contribution in [0.15, 0.2) is 28.7 Å². The summed E-state index contributed by atoms with van der Waals surface area (Å²) in [7, 11) is 0. The van der Waals surface area contributed by atoms with E-state index >= 15 is 0 Å². The first-order valence-electron chi connectivity index (χ1n) is 6.37. The number of carbonyl (C=O) groups is 1. The van der Waals surface area contributed by atoms with E-state index in [1.165, 1.54) is 0 Å². The second-order valence-corrected chi connectivity index (χ2v) is 5.74. The maximum Gasteiger partial charge on any atom is 0.225 e. The monoisotopic (exact) mass is 310 g/mol. The van der Waals surface area contributed by atoms with E-state index in [9.17, 15) is 4.79 Å². The molecule has 1 aliphatic rings. The van der Waals surface area contributed by atoms with Gasteiger partial charge in [0.2, 0.25) is 5.91 Å². The lowest BCUT2D eigenvalue weighted by Gasteiger charge is -2.20. The SMILES string of the molecule is CC1NCCC1C(=O)N[C@H](C)c1ccccc1Br. The lowest BCUT2D eigenvalue weighted by molar-refractivity contribution is -0.125. The Labute approximate surface area is 116 Å². The van der Waals surface area contributed by atoms with Crippen molar-refractivity contribution in [1.82, 2.24) is 10.6 Å². The van der Waals surface area contributed by atoms with Crippen molar-refractivity contribution in [2.24, 2.45) is 5.92 Å². The first kappa shape index (κ1) is 13.6. The zero-order chi connectivity index (χ0) is 13.1. The molecule has 3 nitrogen and oxygen atoms in total. The molecule has 1 aromatic carbocycles. The first-order valence-corrected chi connectivity index (χ1v) is 7.17. The van der Waals surface area contributed by atoms with Gasteiger partial charge in [0, 0.05) is 10.5 Å². The molecule has 2 rings (SSSR count). The number of carbonyl (C=O) groups excluding carboxylic acids is 1. The summed E-state index contributed by atoms with van der Waals surface area (Å²) in [6.45, 7) is 5.02. The zero-order valence-corrected chi connectivity index (χ0v) is 12.3. The molecule has 2 N–H and O–H groups in total. The molecular formula is C14H19BrN2O. The summed E-state index contributed by atoms with van der Waals surface area (Å²) in [5.74, 6) is 0.241. The van der Waals surface area contributed by atoms with Gasteiger partial charge in [-0.25, -0.2) is 0 Å². The normalized spacial score (nSPS) is 24.8. The maximum atomic E-state index is 12.2. The molecule has 1 aromatic rings. The number of amides is 1. The molecule has 3 atom stereocenters. The maximum absolute atomic E-state index is 12.2. The molecule has 0 aromatic heterocycles. The Hall–Kier alpha value is -0.870. The van der Waals surface area contributed by atoms with Crippen molar-refractivity contribution in [3.05, 3.63) is 34.3 Å². The number of hydrogen-bond acceptors (Lipinski definition) is 2. The van der Waals surface area contributed by atoms with Crippen molar-refractivity contribution in [3.63, 3.8) is 0 Å². The topological polar surface area (TPSA) is 41.1 Å². The smallest absolute Gasteiger partial charge is 0.225 e. The predicted octanol–water partition coefficient (Wildman–Crippen LogP) is 2.62. The summed E-state index contributed by atoms with van der Waals surface area (Å²) in [4.78, 5) is 12.2. The molecule has 18 heavy (non-hydrogen) atoms. The van der Waals surface area contributed by atoms with Crippen molar-refractivity contribution in [1.29, 1.82) is 0 Å². The van der Waals surface area contributed by atoms with Crippen LogP contribution in [0.3, 0.4) is 0 Å². The minimum Gasteiger partial charge on any atom is -0.349 e. The molecule has 0 spiro atoms. The van der Waals surface area contributed by atoms with Crippen LogP contribution in [0.1, 0.15) is 31.9 Å². The van der Waals surface area contributed by atoms with E-state index in [2.05, 4.69) is 33.5 Å². The van der Waals surface area contributed by atoms with Crippen molar-refractivity contribution in [2.75, 3.05) is 6.54 Å². The van der Waals surface area contributed by atoms with E-state index in [-0.39, 0.29) is 23.9 Å². The second kappa shape index (κ2) is 5.85. The van der Waals surface area contributed by atoms with E-state index in [0.717, 1.165) is 23.0 Å². The molecule has 0 aliphatic carbocycles. The number of nitrogens with one attached hydrogen (secondary N) is 2. The molecule has 1 fully saturated rings. The minimum absolute atomic E-state index is 0.0286. The van der Waals surface area contributed by atoms with Crippen molar-refractivity contribution in [2.45, 2.75) is 32.4 Å². The molecule has 2 unspecified atom stereocenters. The highest BCUT2D eigenvalue weighted by Crippen LogP contribution is 2.24. The molecule has 1 saturated heterocycles. The molecular weight excluding hydrogens is 292 g/mol. The van der Waals surface area contributed by atoms with Crippen LogP contribution in [0.25, 0.3) is 0 Å². The van der Waals surface area contributed by atoms with Gasteiger partial charge < -0.3 is 10.6 Å². The van der Waals surface area contributed by atoms with Gasteiger partial charge in [0.05, 0.1) is 12.0 Å². The first-order chi connectivity index (χ1) is 8.59.